The van der Waals surface area contributed by atoms with E-state index >= 15 is 4.39 Å². The van der Waals surface area contributed by atoms with Gasteiger partial charge in [0.2, 0.25) is 5.82 Å². The summed E-state index contributed by atoms with van der Waals surface area (Å²) >= 11 is 0. The Hall–Kier alpha value is -2.90. The Morgan fingerprint density at radius 3 is 2.73 bits per heavy atom. The number of hydrogen-bond donors (Lipinski definition) is 1. The predicted molar refractivity (Wildman–Crippen MR) is 111 cm³/mol. The molecule has 5 rings (SSSR count). The van der Waals surface area contributed by atoms with Crippen molar-refractivity contribution in [2.75, 3.05) is 18.0 Å². The van der Waals surface area contributed by atoms with Gasteiger partial charge in [-0.3, -0.25) is 0 Å². The number of rotatable bonds is 5. The van der Waals surface area contributed by atoms with Gasteiger partial charge in [-0.25, -0.2) is 4.39 Å². The molecule has 2 fully saturated rings. The van der Waals surface area contributed by atoms with Crippen molar-refractivity contribution < 1.29 is 4.39 Å². The fourth-order valence-corrected chi connectivity index (χ4v) is 4.99. The molecule has 1 aliphatic heterocycles. The summed E-state index contributed by atoms with van der Waals surface area (Å²) in [5, 5.41) is 22.6. The summed E-state index contributed by atoms with van der Waals surface area (Å²) < 4.78 is 15.2. The van der Waals surface area contributed by atoms with Crippen LogP contribution in [0.4, 0.5) is 10.1 Å². The van der Waals surface area contributed by atoms with Crippen LogP contribution < -0.4 is 4.90 Å². The third-order valence-corrected chi connectivity index (χ3v) is 6.58. The quantitative estimate of drug-likeness (QED) is 0.693. The smallest absolute Gasteiger partial charge is 0.209 e. The predicted octanol–water partition coefficient (Wildman–Crippen LogP) is 3.77. The van der Waals surface area contributed by atoms with Crippen LogP contribution in [-0.2, 0) is 6.42 Å². The number of nitrogens with one attached hydrogen (secondary N) is 1. The van der Waals surface area contributed by atoms with E-state index in [1.54, 1.807) is 12.3 Å². The molecule has 8 heteroatoms. The van der Waals surface area contributed by atoms with Gasteiger partial charge in [0.25, 0.3) is 0 Å². The van der Waals surface area contributed by atoms with E-state index < -0.39 is 0 Å². The second kappa shape index (κ2) is 7.41. The average molecular weight is 407 g/mol. The van der Waals surface area contributed by atoms with E-state index in [-0.39, 0.29) is 5.82 Å². The molecule has 1 aliphatic carbocycles. The van der Waals surface area contributed by atoms with E-state index in [1.165, 1.54) is 6.42 Å². The first-order valence-corrected chi connectivity index (χ1v) is 10.6. The summed E-state index contributed by atoms with van der Waals surface area (Å²) in [5.74, 6) is 0.975. The third-order valence-electron chi connectivity index (χ3n) is 6.58. The van der Waals surface area contributed by atoms with Crippen LogP contribution in [0, 0.1) is 17.2 Å². The van der Waals surface area contributed by atoms with Crippen LogP contribution in [0.15, 0.2) is 30.5 Å². The van der Waals surface area contributed by atoms with E-state index in [4.69, 9.17) is 0 Å². The first-order valence-electron chi connectivity index (χ1n) is 10.6. The molecule has 0 amide bonds. The monoisotopic (exact) mass is 407 g/mol. The van der Waals surface area contributed by atoms with Gasteiger partial charge < -0.3 is 4.90 Å². The highest BCUT2D eigenvalue weighted by Crippen LogP contribution is 2.64. The molecule has 1 aromatic carbocycles. The van der Waals surface area contributed by atoms with Crippen molar-refractivity contribution in [2.24, 2.45) is 11.3 Å². The van der Waals surface area contributed by atoms with Crippen LogP contribution >= 0.6 is 0 Å². The first kappa shape index (κ1) is 19.1. The number of nitrogens with zero attached hydrogens (tertiary/aromatic N) is 6. The molecule has 1 spiro atoms. The number of benzene rings is 1. The molecule has 7 nitrogen and oxygen atoms in total. The second-order valence-electron chi connectivity index (χ2n) is 9.06. The molecule has 2 aliphatic rings. The number of piperidine rings is 1. The molecule has 0 bridgehead atoms. The number of aromatic nitrogens is 6. The van der Waals surface area contributed by atoms with Crippen LogP contribution in [0.3, 0.4) is 0 Å². The summed E-state index contributed by atoms with van der Waals surface area (Å²) in [6.07, 6.45) is 5.85. The number of hydrogen-bond acceptors (Lipinski definition) is 6. The lowest BCUT2D eigenvalue weighted by Crippen LogP contribution is -2.35. The van der Waals surface area contributed by atoms with Crippen molar-refractivity contribution in [1.82, 2.24) is 30.8 Å². The Morgan fingerprint density at radius 1 is 1.23 bits per heavy atom. The minimum Gasteiger partial charge on any atom is -0.371 e. The van der Waals surface area contributed by atoms with E-state index in [9.17, 15) is 0 Å². The van der Waals surface area contributed by atoms with E-state index in [0.29, 0.717) is 28.6 Å². The van der Waals surface area contributed by atoms with Gasteiger partial charge in [0, 0.05) is 25.2 Å². The van der Waals surface area contributed by atoms with Crippen molar-refractivity contribution in [3.63, 3.8) is 0 Å². The molecule has 3 aromatic rings. The van der Waals surface area contributed by atoms with E-state index in [2.05, 4.69) is 61.7 Å². The standard InChI is InChI=1S/C22H26FN7/c1-14(2)10-15-11-17(23)20(21-26-28-29-27-21)19(12-15)30-8-5-22(6-9-30)13-16(22)18-4-3-7-24-25-18/h3-4,7,11-12,14,16H,5-6,8-10,13H2,1-2H3,(H,26,27,28,29)/t16-/m1/s1. The van der Waals surface area contributed by atoms with Gasteiger partial charge in [0.05, 0.1) is 16.9 Å². The van der Waals surface area contributed by atoms with Crippen LogP contribution in [-0.4, -0.2) is 43.9 Å². The zero-order chi connectivity index (χ0) is 20.7. The molecule has 1 atom stereocenters. The molecule has 1 saturated heterocycles. The van der Waals surface area contributed by atoms with Gasteiger partial charge in [-0.2, -0.15) is 15.4 Å². The van der Waals surface area contributed by atoms with Crippen LogP contribution in [0.1, 0.15) is 50.3 Å². The minimum atomic E-state index is -0.284. The fourth-order valence-electron chi connectivity index (χ4n) is 4.99. The molecule has 3 heterocycles. The van der Waals surface area contributed by atoms with Crippen molar-refractivity contribution in [3.8, 4) is 11.4 Å². The molecule has 1 N–H and O–H groups in total. The maximum Gasteiger partial charge on any atom is 0.209 e. The Morgan fingerprint density at radius 2 is 2.07 bits per heavy atom. The van der Waals surface area contributed by atoms with Crippen LogP contribution in [0.5, 0.6) is 0 Å². The Bertz CT molecular complexity index is 1010. The molecule has 30 heavy (non-hydrogen) atoms. The zero-order valence-corrected chi connectivity index (χ0v) is 17.3. The minimum absolute atomic E-state index is 0.284. The maximum atomic E-state index is 15.2. The van der Waals surface area contributed by atoms with Crippen molar-refractivity contribution in [3.05, 3.63) is 47.5 Å². The number of halogens is 1. The van der Waals surface area contributed by atoms with Crippen LogP contribution in [0.25, 0.3) is 11.4 Å². The van der Waals surface area contributed by atoms with Gasteiger partial charge in [0.1, 0.15) is 5.82 Å². The Labute approximate surface area is 175 Å². The van der Waals surface area contributed by atoms with Gasteiger partial charge in [0.15, 0.2) is 0 Å². The summed E-state index contributed by atoms with van der Waals surface area (Å²) in [5.41, 5.74) is 3.73. The molecule has 0 unspecified atom stereocenters. The van der Waals surface area contributed by atoms with Gasteiger partial charge >= 0.3 is 0 Å². The normalized spacial score (nSPS) is 20.1. The molecule has 1 saturated carbocycles. The lowest BCUT2D eigenvalue weighted by atomic mass is 9.89. The molecule has 0 radical (unpaired) electrons. The molecular weight excluding hydrogens is 381 g/mol. The lowest BCUT2D eigenvalue weighted by molar-refractivity contribution is 0.369. The molecular formula is C22H26FN7. The summed E-state index contributed by atoms with van der Waals surface area (Å²) in [7, 11) is 0. The second-order valence-corrected chi connectivity index (χ2v) is 9.06. The zero-order valence-electron chi connectivity index (χ0n) is 17.3. The SMILES string of the molecule is CC(C)Cc1cc(F)c(-c2nn[nH]n2)c(N2CCC3(CC2)C[C@@H]3c2cccnn2)c1. The molecule has 2 aromatic heterocycles. The van der Waals surface area contributed by atoms with Crippen molar-refractivity contribution in [2.45, 2.75) is 45.4 Å². The summed E-state index contributed by atoms with van der Waals surface area (Å²) in [6.45, 7) is 6.06. The van der Waals surface area contributed by atoms with Crippen LogP contribution in [0.2, 0.25) is 0 Å². The topological polar surface area (TPSA) is 83.5 Å². The number of H-pyrrole nitrogens is 1. The highest BCUT2D eigenvalue weighted by molar-refractivity contribution is 5.76. The fraction of sp³-hybridized carbons (Fsp3) is 0.500. The lowest BCUT2D eigenvalue weighted by Gasteiger charge is -2.35. The summed E-state index contributed by atoms with van der Waals surface area (Å²) in [4.78, 5) is 2.29. The Balaban J connectivity index is 1.41. The number of tetrazole rings is 1. The van der Waals surface area contributed by atoms with Crippen molar-refractivity contribution in [1.29, 1.82) is 0 Å². The average Bonchev–Trinajstić information content (AvgIpc) is 3.16. The van der Waals surface area contributed by atoms with E-state index in [0.717, 1.165) is 49.3 Å². The third kappa shape index (κ3) is 3.44. The van der Waals surface area contributed by atoms with E-state index in [1.807, 2.05) is 6.07 Å². The highest BCUT2D eigenvalue weighted by Gasteiger charge is 2.56. The molecule has 156 valence electrons. The van der Waals surface area contributed by atoms with Gasteiger partial charge in [-0.1, -0.05) is 13.8 Å². The summed E-state index contributed by atoms with van der Waals surface area (Å²) in [6, 6.07) is 7.77. The number of anilines is 1. The van der Waals surface area contributed by atoms with Gasteiger partial charge in [-0.05, 0) is 72.1 Å². The van der Waals surface area contributed by atoms with Crippen molar-refractivity contribution >= 4 is 5.69 Å². The largest absolute Gasteiger partial charge is 0.371 e. The number of aromatic amines is 1. The Kier molecular flexibility index (Phi) is 4.72. The maximum absolute atomic E-state index is 15.2. The van der Waals surface area contributed by atoms with Gasteiger partial charge in [-0.15, -0.1) is 10.2 Å². The first-order chi connectivity index (χ1) is 14.6. The highest BCUT2D eigenvalue weighted by atomic mass is 19.1.